The Morgan fingerprint density at radius 3 is 2.44 bits per heavy atom. The lowest BCUT2D eigenvalue weighted by molar-refractivity contribution is -0.131. The summed E-state index contributed by atoms with van der Waals surface area (Å²) in [6.45, 7) is 10.4. The average Bonchev–Trinajstić information content (AvgIpc) is 2.80. The number of rotatable bonds is 6. The molecule has 0 bridgehead atoms. The number of halogens is 1. The van der Waals surface area contributed by atoms with Crippen LogP contribution >= 0.6 is 0 Å². The van der Waals surface area contributed by atoms with Gasteiger partial charge in [0, 0.05) is 39.0 Å². The molecule has 0 fully saturated rings. The van der Waals surface area contributed by atoms with Crippen molar-refractivity contribution in [2.75, 3.05) is 51.3 Å². The molecule has 0 aromatic heterocycles. The van der Waals surface area contributed by atoms with Gasteiger partial charge in [0.15, 0.2) is 0 Å². The van der Waals surface area contributed by atoms with Gasteiger partial charge in [0.1, 0.15) is 12.4 Å². The fraction of sp³-hybridized carbons (Fsp3) is 0.517. The van der Waals surface area contributed by atoms with Crippen molar-refractivity contribution in [2.45, 2.75) is 46.6 Å². The van der Waals surface area contributed by atoms with Crippen LogP contribution in [-0.2, 0) is 27.3 Å². The lowest BCUT2D eigenvalue weighted by Crippen LogP contribution is -2.41. The van der Waals surface area contributed by atoms with Crippen LogP contribution in [0, 0.1) is 18.7 Å². The highest BCUT2D eigenvalue weighted by molar-refractivity contribution is 5.95. The van der Waals surface area contributed by atoms with E-state index in [-0.39, 0.29) is 37.2 Å². The van der Waals surface area contributed by atoms with Gasteiger partial charge in [-0.3, -0.25) is 9.59 Å². The van der Waals surface area contributed by atoms with Crippen LogP contribution in [0.5, 0.6) is 0 Å². The van der Waals surface area contributed by atoms with E-state index in [0.717, 1.165) is 43.6 Å². The number of anilines is 1. The van der Waals surface area contributed by atoms with Gasteiger partial charge < -0.3 is 19.4 Å². The first-order valence-corrected chi connectivity index (χ1v) is 12.9. The predicted molar refractivity (Wildman–Crippen MR) is 141 cm³/mol. The third-order valence-electron chi connectivity index (χ3n) is 6.43. The van der Waals surface area contributed by atoms with Crippen molar-refractivity contribution in [3.63, 3.8) is 0 Å². The first kappa shape index (κ1) is 27.8. The van der Waals surface area contributed by atoms with Crippen molar-refractivity contribution in [3.05, 3.63) is 65.0 Å². The van der Waals surface area contributed by atoms with Gasteiger partial charge in [-0.15, -0.1) is 0 Å². The topological polar surface area (TPSA) is 53.1 Å². The van der Waals surface area contributed by atoms with Crippen molar-refractivity contribution in [3.8, 4) is 0 Å². The molecule has 0 saturated heterocycles. The minimum atomic E-state index is -0.380. The molecular weight excluding hydrogens is 457 g/mol. The van der Waals surface area contributed by atoms with E-state index in [4.69, 9.17) is 4.74 Å². The van der Waals surface area contributed by atoms with Crippen LogP contribution in [0.25, 0.3) is 0 Å². The highest BCUT2D eigenvalue weighted by Gasteiger charge is 2.24. The molecule has 0 atom stereocenters. The summed E-state index contributed by atoms with van der Waals surface area (Å²) in [5.74, 6) is -0.0328. The summed E-state index contributed by atoms with van der Waals surface area (Å²) in [6, 6.07) is 12.4. The molecule has 0 N–H and O–H groups in total. The molecule has 1 heterocycles. The molecule has 2 aromatic rings. The predicted octanol–water partition coefficient (Wildman–Crippen LogP) is 4.44. The van der Waals surface area contributed by atoms with Gasteiger partial charge in [0.2, 0.25) is 5.91 Å². The van der Waals surface area contributed by atoms with E-state index < -0.39 is 0 Å². The van der Waals surface area contributed by atoms with Crippen molar-refractivity contribution in [2.24, 2.45) is 5.92 Å². The van der Waals surface area contributed by atoms with Gasteiger partial charge in [0.25, 0.3) is 5.91 Å². The molecule has 1 aliphatic rings. The molecular formula is C29H40FN3O3. The molecule has 2 amide bonds. The highest BCUT2D eigenvalue weighted by Crippen LogP contribution is 2.25. The summed E-state index contributed by atoms with van der Waals surface area (Å²) in [6.07, 6.45) is 1.92. The zero-order valence-corrected chi connectivity index (χ0v) is 22.1. The number of carbonyl (C=O) groups is 2. The zero-order chi connectivity index (χ0) is 26.1. The number of hydrogen-bond donors (Lipinski definition) is 0. The molecule has 6 nitrogen and oxygen atoms in total. The van der Waals surface area contributed by atoms with E-state index in [2.05, 4.69) is 18.7 Å². The van der Waals surface area contributed by atoms with Crippen LogP contribution in [0.2, 0.25) is 0 Å². The summed E-state index contributed by atoms with van der Waals surface area (Å²) in [5, 5.41) is 0. The summed E-state index contributed by atoms with van der Waals surface area (Å²) in [5.41, 5.74) is 3.35. The molecule has 0 unspecified atom stereocenters. The van der Waals surface area contributed by atoms with Crippen molar-refractivity contribution >= 4 is 17.5 Å². The van der Waals surface area contributed by atoms with E-state index in [0.29, 0.717) is 30.3 Å². The molecule has 0 saturated carbocycles. The Hall–Kier alpha value is -2.77. The lowest BCUT2D eigenvalue weighted by Gasteiger charge is -2.32. The number of benzene rings is 2. The van der Waals surface area contributed by atoms with Gasteiger partial charge >= 0.3 is 0 Å². The van der Waals surface area contributed by atoms with E-state index in [1.807, 2.05) is 36.1 Å². The second-order valence-corrected chi connectivity index (χ2v) is 10.1. The fourth-order valence-corrected chi connectivity index (χ4v) is 4.88. The Kier molecular flexibility index (Phi) is 10.4. The number of methoxy groups -OCH3 is 1. The third-order valence-corrected chi connectivity index (χ3v) is 6.43. The van der Waals surface area contributed by atoms with E-state index >= 15 is 0 Å². The van der Waals surface area contributed by atoms with Crippen LogP contribution < -0.4 is 4.90 Å². The van der Waals surface area contributed by atoms with Gasteiger partial charge in [-0.1, -0.05) is 43.7 Å². The average molecular weight is 498 g/mol. The van der Waals surface area contributed by atoms with Crippen LogP contribution in [0.4, 0.5) is 10.1 Å². The smallest absolute Gasteiger partial charge is 0.252 e. The Balaban J connectivity index is 1.94. The zero-order valence-electron chi connectivity index (χ0n) is 22.1. The second-order valence-electron chi connectivity index (χ2n) is 10.1. The summed E-state index contributed by atoms with van der Waals surface area (Å²) in [4.78, 5) is 32.4. The van der Waals surface area contributed by atoms with Crippen molar-refractivity contribution in [1.29, 1.82) is 0 Å². The first-order chi connectivity index (χ1) is 17.3. The molecule has 1 aliphatic heterocycles. The van der Waals surface area contributed by atoms with Gasteiger partial charge in [0.05, 0.1) is 6.42 Å². The van der Waals surface area contributed by atoms with E-state index in [9.17, 15) is 14.0 Å². The minimum absolute atomic E-state index is 0.00181. The molecule has 0 aliphatic carbocycles. The molecule has 0 spiro atoms. The first-order valence-electron chi connectivity index (χ1n) is 12.9. The number of nitrogens with zero attached hydrogens (tertiary/aromatic N) is 3. The number of amides is 2. The van der Waals surface area contributed by atoms with Crippen molar-refractivity contribution in [1.82, 2.24) is 9.80 Å². The summed E-state index contributed by atoms with van der Waals surface area (Å²) < 4.78 is 19.5. The number of carbonyl (C=O) groups excluding carboxylic acids is 2. The fourth-order valence-electron chi connectivity index (χ4n) is 4.88. The van der Waals surface area contributed by atoms with Crippen LogP contribution in [0.1, 0.15) is 43.4 Å². The monoisotopic (exact) mass is 497 g/mol. The Bertz CT molecular complexity index is 1030. The standard InChI is InChI=1S/C29H40FN3O3/c1-22(2)19-31-12-6-14-32(28(34)17-24-9-5-8-23(3)16-24)20-25-18-26(30)10-11-27(25)33(15-7-13-31)29(35)21-36-4/h5,8-11,16,18,22H,6-7,12-15,17,19-21H2,1-4H3. The molecule has 36 heavy (non-hydrogen) atoms. The molecule has 2 aromatic carbocycles. The van der Waals surface area contributed by atoms with Gasteiger partial charge in [-0.25, -0.2) is 4.39 Å². The maximum atomic E-state index is 14.4. The van der Waals surface area contributed by atoms with Crippen LogP contribution in [0.15, 0.2) is 42.5 Å². The van der Waals surface area contributed by atoms with Gasteiger partial charge in [-0.05, 0) is 68.1 Å². The molecule has 3 rings (SSSR count). The molecule has 196 valence electrons. The molecule has 0 radical (unpaired) electrons. The lowest BCUT2D eigenvalue weighted by atomic mass is 10.1. The Morgan fingerprint density at radius 2 is 1.75 bits per heavy atom. The Morgan fingerprint density at radius 1 is 1.00 bits per heavy atom. The quantitative estimate of drug-likeness (QED) is 0.592. The third kappa shape index (κ3) is 8.14. The van der Waals surface area contributed by atoms with E-state index in [1.165, 1.54) is 19.2 Å². The number of ether oxygens (including phenoxy) is 1. The largest absolute Gasteiger partial charge is 0.375 e. The van der Waals surface area contributed by atoms with Gasteiger partial charge in [-0.2, -0.15) is 0 Å². The maximum absolute atomic E-state index is 14.4. The Labute approximate surface area is 215 Å². The normalized spacial score (nSPS) is 15.8. The second kappa shape index (κ2) is 13.5. The van der Waals surface area contributed by atoms with Crippen molar-refractivity contribution < 1.29 is 18.7 Å². The van der Waals surface area contributed by atoms with Crippen LogP contribution in [0.3, 0.4) is 0 Å². The van der Waals surface area contributed by atoms with Crippen LogP contribution in [-0.4, -0.2) is 68.1 Å². The highest BCUT2D eigenvalue weighted by atomic mass is 19.1. The molecule has 7 heteroatoms. The number of hydrogen-bond acceptors (Lipinski definition) is 4. The summed E-state index contributed by atoms with van der Waals surface area (Å²) >= 11 is 0. The minimum Gasteiger partial charge on any atom is -0.375 e. The number of aryl methyl sites for hydroxylation is 1. The SMILES string of the molecule is COCC(=O)N1CCCN(CC(C)C)CCCN(C(=O)Cc2cccc(C)c2)Cc2cc(F)ccc21. The summed E-state index contributed by atoms with van der Waals surface area (Å²) in [7, 11) is 1.50. The maximum Gasteiger partial charge on any atom is 0.252 e. The van der Waals surface area contributed by atoms with E-state index in [1.54, 1.807) is 11.0 Å². The number of fused-ring (bicyclic) bond motifs is 1.